The summed E-state index contributed by atoms with van der Waals surface area (Å²) in [5.41, 5.74) is 4.49. The molecule has 6 heteroatoms. The molecule has 0 unspecified atom stereocenters. The molecule has 2 aromatic rings. The average molecular weight is 434 g/mol. The highest BCUT2D eigenvalue weighted by atomic mass is 16.2. The van der Waals surface area contributed by atoms with E-state index in [9.17, 15) is 14.4 Å². The zero-order chi connectivity index (χ0) is 22.7. The highest BCUT2D eigenvalue weighted by molar-refractivity contribution is 6.21. The summed E-state index contributed by atoms with van der Waals surface area (Å²) in [5.74, 6) is -0.518. The van der Waals surface area contributed by atoms with E-state index in [0.717, 1.165) is 38.0 Å². The van der Waals surface area contributed by atoms with Crippen molar-refractivity contribution in [2.75, 3.05) is 19.6 Å². The second-order valence-electron chi connectivity index (χ2n) is 9.02. The largest absolute Gasteiger partial charge is 0.353 e. The quantitative estimate of drug-likeness (QED) is 0.679. The van der Waals surface area contributed by atoms with Gasteiger partial charge in [0.25, 0.3) is 11.8 Å². The topological polar surface area (TPSA) is 69.7 Å². The number of carbonyl (C=O) groups excluding carboxylic acids is 3. The van der Waals surface area contributed by atoms with E-state index in [1.54, 1.807) is 12.1 Å². The van der Waals surface area contributed by atoms with E-state index in [1.165, 1.54) is 16.0 Å². The molecule has 3 amide bonds. The van der Waals surface area contributed by atoms with Crippen LogP contribution in [0.5, 0.6) is 0 Å². The molecule has 2 aromatic carbocycles. The lowest BCUT2D eigenvalue weighted by molar-refractivity contribution is -0.122. The number of carbonyl (C=O) groups is 3. The van der Waals surface area contributed by atoms with E-state index in [4.69, 9.17) is 0 Å². The molecule has 0 spiro atoms. The minimum atomic E-state index is -0.258. The van der Waals surface area contributed by atoms with E-state index >= 15 is 0 Å². The van der Waals surface area contributed by atoms with Crippen molar-refractivity contribution >= 4 is 17.7 Å². The van der Waals surface area contributed by atoms with E-state index in [-0.39, 0.29) is 30.3 Å². The van der Waals surface area contributed by atoms with Crippen LogP contribution in [-0.4, -0.2) is 53.2 Å². The lowest BCUT2D eigenvalue weighted by atomic mass is 10.0. The van der Waals surface area contributed by atoms with Crippen LogP contribution in [0.4, 0.5) is 0 Å². The second kappa shape index (κ2) is 9.65. The standard InChI is InChI=1S/C26H31N3O3/c1-18-5-3-6-20(15-18)17-28-13-10-21(11-14-28)27-24(30)7-4-12-29-25(31)22-9-8-19(2)16-23(22)26(29)32/h3,5-6,8-9,15-16,21H,4,7,10-14,17H2,1-2H3,(H,27,30). The number of likely N-dealkylation sites (tertiary alicyclic amines) is 1. The van der Waals surface area contributed by atoms with E-state index < -0.39 is 0 Å². The lowest BCUT2D eigenvalue weighted by Crippen LogP contribution is -2.44. The van der Waals surface area contributed by atoms with Gasteiger partial charge < -0.3 is 5.32 Å². The van der Waals surface area contributed by atoms with Gasteiger partial charge >= 0.3 is 0 Å². The van der Waals surface area contributed by atoms with Crippen LogP contribution in [0.25, 0.3) is 0 Å². The summed E-state index contributed by atoms with van der Waals surface area (Å²) in [5, 5.41) is 3.13. The Morgan fingerprint density at radius 3 is 2.44 bits per heavy atom. The smallest absolute Gasteiger partial charge is 0.261 e. The Hall–Kier alpha value is -2.99. The Balaban J connectivity index is 1.18. The van der Waals surface area contributed by atoms with Crippen LogP contribution in [-0.2, 0) is 11.3 Å². The van der Waals surface area contributed by atoms with Crippen molar-refractivity contribution in [3.05, 3.63) is 70.3 Å². The number of rotatable bonds is 7. The van der Waals surface area contributed by atoms with Gasteiger partial charge in [-0.2, -0.15) is 0 Å². The Morgan fingerprint density at radius 2 is 1.69 bits per heavy atom. The van der Waals surface area contributed by atoms with Crippen molar-refractivity contribution in [3.63, 3.8) is 0 Å². The van der Waals surface area contributed by atoms with Crippen LogP contribution in [0.2, 0.25) is 0 Å². The molecule has 0 atom stereocenters. The van der Waals surface area contributed by atoms with Crippen LogP contribution in [0.3, 0.4) is 0 Å². The van der Waals surface area contributed by atoms with Gasteiger partial charge in [0.2, 0.25) is 5.91 Å². The minimum absolute atomic E-state index is 0.00501. The molecule has 0 aromatic heterocycles. The predicted molar refractivity (Wildman–Crippen MR) is 123 cm³/mol. The highest BCUT2D eigenvalue weighted by Gasteiger charge is 2.35. The van der Waals surface area contributed by atoms with Crippen LogP contribution < -0.4 is 5.32 Å². The van der Waals surface area contributed by atoms with E-state index in [2.05, 4.69) is 41.4 Å². The van der Waals surface area contributed by atoms with Gasteiger partial charge in [0.05, 0.1) is 11.1 Å². The molecule has 1 saturated heterocycles. The molecule has 0 bridgehead atoms. The van der Waals surface area contributed by atoms with E-state index in [1.807, 2.05) is 13.0 Å². The summed E-state index contributed by atoms with van der Waals surface area (Å²) in [4.78, 5) is 41.1. The molecule has 0 radical (unpaired) electrons. The third-order valence-electron chi connectivity index (χ3n) is 6.35. The van der Waals surface area contributed by atoms with Crippen molar-refractivity contribution in [3.8, 4) is 0 Å². The molecule has 0 aliphatic carbocycles. The molecule has 0 saturated carbocycles. The number of nitrogens with zero attached hydrogens (tertiary/aromatic N) is 2. The van der Waals surface area contributed by atoms with Crippen molar-refractivity contribution in [2.45, 2.75) is 52.1 Å². The van der Waals surface area contributed by atoms with Gasteiger partial charge in [0, 0.05) is 38.6 Å². The average Bonchev–Trinajstić information content (AvgIpc) is 2.99. The first-order chi connectivity index (χ1) is 15.4. The van der Waals surface area contributed by atoms with Crippen molar-refractivity contribution in [1.82, 2.24) is 15.1 Å². The number of piperidine rings is 1. The lowest BCUT2D eigenvalue weighted by Gasteiger charge is -2.32. The Labute approximate surface area is 189 Å². The van der Waals surface area contributed by atoms with Crippen molar-refractivity contribution in [2.24, 2.45) is 0 Å². The first kappa shape index (κ1) is 22.2. The van der Waals surface area contributed by atoms with Crippen LogP contribution in [0.1, 0.15) is 63.1 Å². The maximum Gasteiger partial charge on any atom is 0.261 e. The SMILES string of the molecule is Cc1cccc(CN2CCC(NC(=O)CCCN3C(=O)c4ccc(C)cc4C3=O)CC2)c1. The zero-order valence-corrected chi connectivity index (χ0v) is 18.9. The number of amides is 3. The molecule has 168 valence electrons. The number of nitrogens with one attached hydrogen (secondary N) is 1. The third kappa shape index (κ3) is 5.07. The summed E-state index contributed by atoms with van der Waals surface area (Å²) in [7, 11) is 0. The number of imide groups is 1. The molecule has 1 fully saturated rings. The summed E-state index contributed by atoms with van der Waals surface area (Å²) in [6.45, 7) is 7.16. The third-order valence-corrected chi connectivity index (χ3v) is 6.35. The van der Waals surface area contributed by atoms with Gasteiger partial charge in [-0.15, -0.1) is 0 Å². The fraction of sp³-hybridized carbons (Fsp3) is 0.423. The van der Waals surface area contributed by atoms with Crippen molar-refractivity contribution < 1.29 is 14.4 Å². The Bertz CT molecular complexity index is 1020. The van der Waals surface area contributed by atoms with Crippen molar-refractivity contribution in [1.29, 1.82) is 0 Å². The first-order valence-corrected chi connectivity index (χ1v) is 11.4. The zero-order valence-electron chi connectivity index (χ0n) is 18.9. The normalized spacial score (nSPS) is 17.0. The molecule has 2 aliphatic heterocycles. The fourth-order valence-corrected chi connectivity index (χ4v) is 4.61. The van der Waals surface area contributed by atoms with Gasteiger partial charge in [-0.25, -0.2) is 0 Å². The molecular formula is C26H31N3O3. The summed E-state index contributed by atoms with van der Waals surface area (Å²) < 4.78 is 0. The van der Waals surface area contributed by atoms with Gasteiger partial charge in [-0.05, 0) is 50.8 Å². The molecule has 6 nitrogen and oxygen atoms in total. The molecule has 2 heterocycles. The summed E-state index contributed by atoms with van der Waals surface area (Å²) in [6, 6.07) is 14.1. The van der Waals surface area contributed by atoms with Crippen LogP contribution in [0.15, 0.2) is 42.5 Å². The molecule has 4 rings (SSSR count). The Morgan fingerprint density at radius 1 is 0.969 bits per heavy atom. The van der Waals surface area contributed by atoms with Crippen LogP contribution in [0, 0.1) is 13.8 Å². The molecule has 2 aliphatic rings. The molecule has 32 heavy (non-hydrogen) atoms. The summed E-state index contributed by atoms with van der Waals surface area (Å²) >= 11 is 0. The minimum Gasteiger partial charge on any atom is -0.353 e. The first-order valence-electron chi connectivity index (χ1n) is 11.4. The Kier molecular flexibility index (Phi) is 6.70. The molecular weight excluding hydrogens is 402 g/mol. The van der Waals surface area contributed by atoms with Gasteiger partial charge in [-0.1, -0.05) is 41.5 Å². The van der Waals surface area contributed by atoms with Crippen LogP contribution >= 0.6 is 0 Å². The number of hydrogen-bond donors (Lipinski definition) is 1. The highest BCUT2D eigenvalue weighted by Crippen LogP contribution is 2.24. The monoisotopic (exact) mass is 433 g/mol. The second-order valence-corrected chi connectivity index (χ2v) is 9.02. The number of hydrogen-bond acceptors (Lipinski definition) is 4. The molecule has 1 N–H and O–H groups in total. The number of aryl methyl sites for hydroxylation is 2. The number of benzene rings is 2. The maximum atomic E-state index is 12.5. The van der Waals surface area contributed by atoms with Gasteiger partial charge in [-0.3, -0.25) is 24.2 Å². The maximum absolute atomic E-state index is 12.5. The van der Waals surface area contributed by atoms with Gasteiger partial charge in [0.15, 0.2) is 0 Å². The number of fused-ring (bicyclic) bond motifs is 1. The van der Waals surface area contributed by atoms with Gasteiger partial charge in [0.1, 0.15) is 0 Å². The predicted octanol–water partition coefficient (Wildman–Crippen LogP) is 3.46. The fourth-order valence-electron chi connectivity index (χ4n) is 4.61. The van der Waals surface area contributed by atoms with E-state index in [0.29, 0.717) is 24.0 Å². The summed E-state index contributed by atoms with van der Waals surface area (Å²) in [6.07, 6.45) is 2.67.